The molecule has 2 amide bonds. The summed E-state index contributed by atoms with van der Waals surface area (Å²) in [7, 11) is 0. The van der Waals surface area contributed by atoms with Gasteiger partial charge < -0.3 is 15.2 Å². The number of hydrogen-bond acceptors (Lipinski definition) is 7. The minimum Gasteiger partial charge on any atom is -0.394 e. The van der Waals surface area contributed by atoms with Crippen LogP contribution in [0.25, 0.3) is 22.2 Å². The summed E-state index contributed by atoms with van der Waals surface area (Å²) in [4.78, 5) is 39.9. The van der Waals surface area contributed by atoms with Gasteiger partial charge in [0.2, 0.25) is 0 Å². The maximum atomic E-state index is 14.2. The Labute approximate surface area is 247 Å². The zero-order chi connectivity index (χ0) is 29.3. The molecule has 42 heavy (non-hydrogen) atoms. The van der Waals surface area contributed by atoms with E-state index >= 15 is 0 Å². The van der Waals surface area contributed by atoms with Crippen molar-refractivity contribution in [2.75, 3.05) is 46.1 Å². The fourth-order valence-corrected chi connectivity index (χ4v) is 6.10. The molecule has 0 bridgehead atoms. The van der Waals surface area contributed by atoms with Crippen molar-refractivity contribution in [3.8, 4) is 11.3 Å². The topological polar surface area (TPSA) is 104 Å². The summed E-state index contributed by atoms with van der Waals surface area (Å²) in [5, 5.41) is 14.4. The van der Waals surface area contributed by atoms with Crippen LogP contribution in [0.2, 0.25) is 0 Å². The molecule has 9 nitrogen and oxygen atoms in total. The Balaban J connectivity index is 1.43. The van der Waals surface area contributed by atoms with E-state index in [9.17, 15) is 9.59 Å². The molecule has 2 aromatic carbocycles. The van der Waals surface area contributed by atoms with E-state index in [1.54, 1.807) is 0 Å². The standard InChI is InChI=1S/C33H42N4O5/c1-24(25-10-4-2-5-11-25)34-33(40)31-27-14-8-9-15-29(27)35-32(26-12-6-3-7-13-26)28(31)22-36-16-17-37(30(39)23-36)42-21-20-41-19-18-38/h3,6-9,12-15,24-25,38H,2,4-5,10-11,16-23H2,1H3,(H,34,40)/t24-/m0/s1. The van der Waals surface area contributed by atoms with Crippen molar-refractivity contribution in [3.05, 3.63) is 65.7 Å². The number of carbonyl (C=O) groups is 2. The van der Waals surface area contributed by atoms with Gasteiger partial charge in [-0.3, -0.25) is 19.3 Å². The van der Waals surface area contributed by atoms with Gasteiger partial charge in [0.15, 0.2) is 0 Å². The van der Waals surface area contributed by atoms with Crippen molar-refractivity contribution >= 4 is 22.7 Å². The number of carbonyl (C=O) groups excluding carboxylic acids is 2. The summed E-state index contributed by atoms with van der Waals surface area (Å²) < 4.78 is 5.23. The van der Waals surface area contributed by atoms with Crippen LogP contribution in [-0.4, -0.2) is 84.0 Å². The van der Waals surface area contributed by atoms with Crippen molar-refractivity contribution in [2.24, 2.45) is 5.92 Å². The summed E-state index contributed by atoms with van der Waals surface area (Å²) in [6, 6.07) is 17.8. The van der Waals surface area contributed by atoms with Gasteiger partial charge in [0.05, 0.1) is 56.3 Å². The van der Waals surface area contributed by atoms with Crippen molar-refractivity contribution < 1.29 is 24.3 Å². The van der Waals surface area contributed by atoms with Gasteiger partial charge in [-0.2, -0.15) is 0 Å². The number of aromatic nitrogens is 1. The third kappa shape index (κ3) is 7.33. The fourth-order valence-electron chi connectivity index (χ4n) is 6.10. The van der Waals surface area contributed by atoms with Crippen LogP contribution in [-0.2, 0) is 20.9 Å². The van der Waals surface area contributed by atoms with Gasteiger partial charge in [-0.05, 0) is 31.7 Å². The number of nitrogens with one attached hydrogen (secondary N) is 1. The Bertz CT molecular complexity index is 1350. The van der Waals surface area contributed by atoms with Crippen molar-refractivity contribution in [2.45, 2.75) is 51.6 Å². The van der Waals surface area contributed by atoms with Crippen LogP contribution in [0.4, 0.5) is 0 Å². The van der Waals surface area contributed by atoms with E-state index in [4.69, 9.17) is 19.7 Å². The first-order valence-corrected chi connectivity index (χ1v) is 15.2. The number of benzene rings is 2. The van der Waals surface area contributed by atoms with Crippen LogP contribution in [0.15, 0.2) is 54.6 Å². The zero-order valence-electron chi connectivity index (χ0n) is 24.5. The van der Waals surface area contributed by atoms with E-state index in [2.05, 4.69) is 17.1 Å². The molecule has 3 aromatic rings. The van der Waals surface area contributed by atoms with Crippen molar-refractivity contribution in [3.63, 3.8) is 0 Å². The number of aliphatic hydroxyl groups is 1. The highest BCUT2D eigenvalue weighted by molar-refractivity contribution is 6.09. The first-order valence-electron chi connectivity index (χ1n) is 15.2. The molecular weight excluding hydrogens is 532 g/mol. The highest BCUT2D eigenvalue weighted by Crippen LogP contribution is 2.33. The van der Waals surface area contributed by atoms with Crippen molar-refractivity contribution in [1.29, 1.82) is 0 Å². The van der Waals surface area contributed by atoms with Gasteiger partial charge in [0.25, 0.3) is 11.8 Å². The lowest BCUT2D eigenvalue weighted by Crippen LogP contribution is -2.50. The van der Waals surface area contributed by atoms with Gasteiger partial charge in [0.1, 0.15) is 0 Å². The van der Waals surface area contributed by atoms with E-state index in [1.165, 1.54) is 24.3 Å². The molecule has 0 spiro atoms. The molecule has 2 N–H and O–H groups in total. The second kappa shape index (κ2) is 14.7. The first kappa shape index (κ1) is 30.1. The second-order valence-corrected chi connectivity index (χ2v) is 11.2. The molecule has 2 aliphatic rings. The molecular formula is C33H42N4O5. The highest BCUT2D eigenvalue weighted by atomic mass is 16.7. The Hall–Kier alpha value is -3.37. The predicted octanol–water partition coefficient (Wildman–Crippen LogP) is 4.19. The molecule has 1 saturated heterocycles. The van der Waals surface area contributed by atoms with Crippen LogP contribution < -0.4 is 5.32 Å². The second-order valence-electron chi connectivity index (χ2n) is 11.2. The molecule has 0 unspecified atom stereocenters. The lowest BCUT2D eigenvalue weighted by Gasteiger charge is -2.34. The zero-order valence-corrected chi connectivity index (χ0v) is 24.5. The molecule has 0 radical (unpaired) electrons. The number of hydrogen-bond donors (Lipinski definition) is 2. The quantitative estimate of drug-likeness (QED) is 0.313. The predicted molar refractivity (Wildman–Crippen MR) is 162 cm³/mol. The van der Waals surface area contributed by atoms with Gasteiger partial charge in [0, 0.05) is 35.6 Å². The molecule has 1 atom stereocenters. The Morgan fingerprint density at radius 2 is 1.79 bits per heavy atom. The van der Waals surface area contributed by atoms with Gasteiger partial charge in [-0.25, -0.2) is 10.0 Å². The summed E-state index contributed by atoms with van der Waals surface area (Å²) >= 11 is 0. The third-order valence-corrected chi connectivity index (χ3v) is 8.33. The largest absolute Gasteiger partial charge is 0.394 e. The molecule has 1 aromatic heterocycles. The number of fused-ring (bicyclic) bond motifs is 1. The van der Waals surface area contributed by atoms with E-state index in [1.807, 2.05) is 54.6 Å². The average Bonchev–Trinajstić information content (AvgIpc) is 3.02. The maximum absolute atomic E-state index is 14.2. The normalized spacial score (nSPS) is 17.5. The number of amides is 2. The van der Waals surface area contributed by atoms with Crippen molar-refractivity contribution in [1.82, 2.24) is 20.3 Å². The van der Waals surface area contributed by atoms with E-state index in [0.29, 0.717) is 37.7 Å². The lowest BCUT2D eigenvalue weighted by molar-refractivity contribution is -0.200. The van der Waals surface area contributed by atoms with Crippen LogP contribution in [0.3, 0.4) is 0 Å². The molecule has 2 fully saturated rings. The van der Waals surface area contributed by atoms with Crippen LogP contribution in [0.5, 0.6) is 0 Å². The number of hydroxylamine groups is 2. The lowest BCUT2D eigenvalue weighted by atomic mass is 9.84. The average molecular weight is 575 g/mol. The number of rotatable bonds is 12. The monoisotopic (exact) mass is 574 g/mol. The number of aliphatic hydroxyl groups excluding tert-OH is 1. The highest BCUT2D eigenvalue weighted by Gasteiger charge is 2.30. The van der Waals surface area contributed by atoms with Gasteiger partial charge in [-0.1, -0.05) is 67.8 Å². The molecule has 1 aliphatic carbocycles. The Morgan fingerprint density at radius 3 is 2.55 bits per heavy atom. The minimum absolute atomic E-state index is 0.0499. The Kier molecular flexibility index (Phi) is 10.5. The van der Waals surface area contributed by atoms with E-state index < -0.39 is 0 Å². The van der Waals surface area contributed by atoms with Crippen LogP contribution in [0, 0.1) is 5.92 Å². The molecule has 9 heteroatoms. The molecule has 224 valence electrons. The number of nitrogens with zero attached hydrogens (tertiary/aromatic N) is 3. The number of para-hydroxylation sites is 1. The Morgan fingerprint density at radius 1 is 1.02 bits per heavy atom. The van der Waals surface area contributed by atoms with Crippen LogP contribution in [0.1, 0.15) is 54.9 Å². The summed E-state index contributed by atoms with van der Waals surface area (Å²) in [6.45, 7) is 4.42. The third-order valence-electron chi connectivity index (χ3n) is 8.33. The molecule has 1 aliphatic heterocycles. The fraction of sp³-hybridized carbons (Fsp3) is 0.485. The molecule has 2 heterocycles. The SMILES string of the molecule is C[C@H](NC(=O)c1c(CN2CCN(OCCOCCO)C(=O)C2)c(-c2ccccc2)nc2ccccc12)C1CCCCC1. The number of pyridine rings is 1. The molecule has 5 rings (SSSR count). The van der Waals surface area contributed by atoms with Crippen LogP contribution >= 0.6 is 0 Å². The first-order chi connectivity index (χ1) is 20.5. The smallest absolute Gasteiger partial charge is 0.260 e. The number of piperazine rings is 1. The summed E-state index contributed by atoms with van der Waals surface area (Å²) in [5.41, 5.74) is 3.93. The molecule has 1 saturated carbocycles. The summed E-state index contributed by atoms with van der Waals surface area (Å²) in [6.07, 6.45) is 5.98. The minimum atomic E-state index is -0.143. The van der Waals surface area contributed by atoms with E-state index in [0.717, 1.165) is 40.6 Å². The van der Waals surface area contributed by atoms with Gasteiger partial charge >= 0.3 is 0 Å². The summed E-state index contributed by atoms with van der Waals surface area (Å²) in [5.74, 6) is 0.248. The van der Waals surface area contributed by atoms with Gasteiger partial charge in [-0.15, -0.1) is 0 Å². The van der Waals surface area contributed by atoms with E-state index in [-0.39, 0.29) is 44.2 Å². The maximum Gasteiger partial charge on any atom is 0.260 e. The number of ether oxygens (including phenoxy) is 1.